The van der Waals surface area contributed by atoms with Gasteiger partial charge in [-0.25, -0.2) is 0 Å². The number of aliphatic hydroxyl groups is 1. The average Bonchev–Trinajstić information content (AvgIpc) is 2.28. The molecule has 0 aliphatic carbocycles. The van der Waals surface area contributed by atoms with E-state index in [-0.39, 0.29) is 0 Å². The first-order chi connectivity index (χ1) is 7.70. The molecule has 1 aromatic carbocycles. The molecule has 1 unspecified atom stereocenters. The normalized spacial score (nSPS) is 34.2. The zero-order valence-corrected chi connectivity index (χ0v) is 9.82. The van der Waals surface area contributed by atoms with Crippen LogP contribution in [-0.4, -0.2) is 29.1 Å². The van der Waals surface area contributed by atoms with E-state index in [1.807, 2.05) is 0 Å². The van der Waals surface area contributed by atoms with Gasteiger partial charge in [0.25, 0.3) is 0 Å². The number of hydrogen-bond donors (Lipinski definition) is 1. The maximum atomic E-state index is 10.7. The first-order valence-electron chi connectivity index (χ1n) is 6.24. The lowest BCUT2D eigenvalue weighted by Crippen LogP contribution is -2.68. The first kappa shape index (κ1) is 10.3. The molecule has 0 saturated carbocycles. The Kier molecular flexibility index (Phi) is 2.30. The van der Waals surface area contributed by atoms with Crippen molar-refractivity contribution < 1.29 is 5.11 Å². The van der Waals surface area contributed by atoms with E-state index in [4.69, 9.17) is 0 Å². The maximum absolute atomic E-state index is 10.7. The summed E-state index contributed by atoms with van der Waals surface area (Å²) in [5.41, 5.74) is 1.78. The summed E-state index contributed by atoms with van der Waals surface area (Å²) in [7, 11) is 0. The van der Waals surface area contributed by atoms with Crippen LogP contribution in [0.2, 0.25) is 0 Å². The molecule has 2 nitrogen and oxygen atoms in total. The van der Waals surface area contributed by atoms with E-state index >= 15 is 0 Å². The van der Waals surface area contributed by atoms with Crippen LogP contribution >= 0.6 is 0 Å². The molecule has 0 amide bonds. The van der Waals surface area contributed by atoms with Crippen molar-refractivity contribution in [3.63, 3.8) is 0 Å². The van der Waals surface area contributed by atoms with E-state index in [2.05, 4.69) is 36.1 Å². The second-order valence-electron chi connectivity index (χ2n) is 5.27. The van der Waals surface area contributed by atoms with Gasteiger partial charge in [-0.15, -0.1) is 0 Å². The van der Waals surface area contributed by atoms with Crippen molar-refractivity contribution in [3.05, 3.63) is 35.4 Å². The molecule has 2 heterocycles. The fraction of sp³-hybridized carbons (Fsp3) is 0.571. The summed E-state index contributed by atoms with van der Waals surface area (Å²) in [6.07, 6.45) is 3.69. The lowest BCUT2D eigenvalue weighted by Gasteiger charge is -2.57. The lowest BCUT2D eigenvalue weighted by atomic mass is 9.73. The highest BCUT2D eigenvalue weighted by atomic mass is 16.3. The van der Waals surface area contributed by atoms with Gasteiger partial charge in [0.05, 0.1) is 0 Å². The Morgan fingerprint density at radius 3 is 2.69 bits per heavy atom. The third kappa shape index (κ3) is 1.40. The van der Waals surface area contributed by atoms with Crippen LogP contribution in [0.25, 0.3) is 0 Å². The van der Waals surface area contributed by atoms with Crippen LogP contribution in [0.4, 0.5) is 0 Å². The molecule has 86 valence electrons. The molecule has 2 heteroatoms. The summed E-state index contributed by atoms with van der Waals surface area (Å²) < 4.78 is 0. The lowest BCUT2D eigenvalue weighted by molar-refractivity contribution is -0.172. The fourth-order valence-electron chi connectivity index (χ4n) is 3.15. The van der Waals surface area contributed by atoms with E-state index in [1.165, 1.54) is 24.9 Å². The van der Waals surface area contributed by atoms with Gasteiger partial charge in [-0.1, -0.05) is 36.2 Å². The van der Waals surface area contributed by atoms with E-state index in [0.717, 1.165) is 18.5 Å². The topological polar surface area (TPSA) is 23.5 Å². The van der Waals surface area contributed by atoms with Gasteiger partial charge in [0.1, 0.15) is 5.60 Å². The Morgan fingerprint density at radius 1 is 1.25 bits per heavy atom. The minimum atomic E-state index is -0.575. The van der Waals surface area contributed by atoms with Gasteiger partial charge in [0.2, 0.25) is 0 Å². The van der Waals surface area contributed by atoms with Crippen molar-refractivity contribution >= 4 is 0 Å². The van der Waals surface area contributed by atoms with Crippen LogP contribution in [0.3, 0.4) is 0 Å². The van der Waals surface area contributed by atoms with Gasteiger partial charge >= 0.3 is 0 Å². The third-order valence-electron chi connectivity index (χ3n) is 4.16. The Hall–Kier alpha value is -0.860. The molecule has 2 aliphatic rings. The van der Waals surface area contributed by atoms with Crippen molar-refractivity contribution in [2.45, 2.75) is 37.8 Å². The largest absolute Gasteiger partial charge is 0.382 e. The van der Waals surface area contributed by atoms with Crippen molar-refractivity contribution in [1.82, 2.24) is 4.90 Å². The number of fused-ring (bicyclic) bond motifs is 1. The molecule has 2 fully saturated rings. The van der Waals surface area contributed by atoms with E-state index in [1.54, 1.807) is 0 Å². The summed E-state index contributed by atoms with van der Waals surface area (Å²) in [6, 6.07) is 8.73. The van der Waals surface area contributed by atoms with Gasteiger partial charge in [-0.3, -0.25) is 4.90 Å². The number of aryl methyl sites for hydroxylation is 1. The van der Waals surface area contributed by atoms with Crippen molar-refractivity contribution in [3.8, 4) is 0 Å². The van der Waals surface area contributed by atoms with Crippen LogP contribution in [0.1, 0.15) is 30.4 Å². The average molecular weight is 217 g/mol. The highest BCUT2D eigenvalue weighted by molar-refractivity contribution is 5.31. The van der Waals surface area contributed by atoms with Gasteiger partial charge in [-0.05, 0) is 31.9 Å². The minimum Gasteiger partial charge on any atom is -0.382 e. The Morgan fingerprint density at radius 2 is 2.00 bits per heavy atom. The third-order valence-corrected chi connectivity index (χ3v) is 4.16. The van der Waals surface area contributed by atoms with Crippen LogP contribution in [0.5, 0.6) is 0 Å². The molecule has 1 aromatic rings. The SMILES string of the molecule is Cc1ccc([C@@]2(O)CN3CCCCC32)cc1. The Balaban J connectivity index is 1.86. The predicted molar refractivity (Wildman–Crippen MR) is 64.3 cm³/mol. The molecule has 2 saturated heterocycles. The zero-order chi connectivity index (χ0) is 11.2. The molecule has 3 rings (SSSR count). The molecule has 1 N–H and O–H groups in total. The molecular weight excluding hydrogens is 198 g/mol. The molecule has 0 bridgehead atoms. The number of rotatable bonds is 1. The van der Waals surface area contributed by atoms with Crippen molar-refractivity contribution in [1.29, 1.82) is 0 Å². The summed E-state index contributed by atoms with van der Waals surface area (Å²) in [5, 5.41) is 10.7. The summed E-state index contributed by atoms with van der Waals surface area (Å²) in [5.74, 6) is 0. The molecule has 16 heavy (non-hydrogen) atoms. The van der Waals surface area contributed by atoms with Crippen LogP contribution < -0.4 is 0 Å². The summed E-state index contributed by atoms with van der Waals surface area (Å²) in [6.45, 7) is 4.07. The molecule has 0 aromatic heterocycles. The maximum Gasteiger partial charge on any atom is 0.118 e. The van der Waals surface area contributed by atoms with Crippen molar-refractivity contribution in [2.75, 3.05) is 13.1 Å². The number of nitrogens with zero attached hydrogens (tertiary/aromatic N) is 1. The second-order valence-corrected chi connectivity index (χ2v) is 5.27. The number of piperidine rings is 1. The molecule has 0 radical (unpaired) electrons. The summed E-state index contributed by atoms with van der Waals surface area (Å²) >= 11 is 0. The molecule has 2 aliphatic heterocycles. The summed E-state index contributed by atoms with van der Waals surface area (Å²) in [4.78, 5) is 2.42. The van der Waals surface area contributed by atoms with Crippen molar-refractivity contribution in [2.24, 2.45) is 0 Å². The molecule has 0 spiro atoms. The fourth-order valence-corrected chi connectivity index (χ4v) is 3.15. The first-order valence-corrected chi connectivity index (χ1v) is 6.24. The quantitative estimate of drug-likeness (QED) is 0.778. The predicted octanol–water partition coefficient (Wildman–Crippen LogP) is 2.05. The van der Waals surface area contributed by atoms with Gasteiger partial charge in [0.15, 0.2) is 0 Å². The number of hydrogen-bond acceptors (Lipinski definition) is 2. The van der Waals surface area contributed by atoms with Crippen LogP contribution in [-0.2, 0) is 5.60 Å². The Labute approximate surface area is 96.9 Å². The monoisotopic (exact) mass is 217 g/mol. The smallest absolute Gasteiger partial charge is 0.118 e. The Bertz CT molecular complexity index is 386. The van der Waals surface area contributed by atoms with Gasteiger partial charge in [-0.2, -0.15) is 0 Å². The molecular formula is C14H19NO. The van der Waals surface area contributed by atoms with E-state index in [0.29, 0.717) is 6.04 Å². The van der Waals surface area contributed by atoms with Crippen LogP contribution in [0.15, 0.2) is 24.3 Å². The second kappa shape index (κ2) is 3.57. The van der Waals surface area contributed by atoms with E-state index < -0.39 is 5.60 Å². The highest BCUT2D eigenvalue weighted by Gasteiger charge is 2.52. The van der Waals surface area contributed by atoms with E-state index in [9.17, 15) is 5.11 Å². The van der Waals surface area contributed by atoms with Crippen LogP contribution in [0, 0.1) is 6.92 Å². The molecule has 2 atom stereocenters. The van der Waals surface area contributed by atoms with Gasteiger partial charge in [0, 0.05) is 12.6 Å². The number of benzene rings is 1. The zero-order valence-electron chi connectivity index (χ0n) is 9.82. The standard InChI is InChI=1S/C14H19NO/c1-11-5-7-12(8-6-11)14(16)10-15-9-3-2-4-13(14)15/h5-8,13,16H,2-4,9-10H2,1H3/t13?,14-/m0/s1. The minimum absolute atomic E-state index is 0.365. The highest BCUT2D eigenvalue weighted by Crippen LogP contribution is 2.43. The van der Waals surface area contributed by atoms with Gasteiger partial charge < -0.3 is 5.11 Å².